The second-order valence-electron chi connectivity index (χ2n) is 5.25. The van der Waals surface area contributed by atoms with Crippen LogP contribution < -0.4 is 5.32 Å². The van der Waals surface area contributed by atoms with E-state index in [0.29, 0.717) is 18.7 Å². The summed E-state index contributed by atoms with van der Waals surface area (Å²) in [5.41, 5.74) is -0.608. The molecular weight excluding hydrogens is 256 g/mol. The molecule has 5 heteroatoms. The van der Waals surface area contributed by atoms with Crippen molar-refractivity contribution in [2.75, 3.05) is 19.7 Å². The Balaban J connectivity index is 2.69. The summed E-state index contributed by atoms with van der Waals surface area (Å²) in [5.74, 6) is 0.788. The quantitative estimate of drug-likeness (QED) is 0.765. The summed E-state index contributed by atoms with van der Waals surface area (Å²) in [7, 11) is 0. The van der Waals surface area contributed by atoms with Gasteiger partial charge in [0.05, 0.1) is 18.7 Å². The van der Waals surface area contributed by atoms with Crippen LogP contribution in [0.3, 0.4) is 0 Å². The number of nitrogens with zero attached hydrogens (tertiary/aromatic N) is 1. The lowest BCUT2D eigenvalue weighted by atomic mass is 10.0. The molecule has 0 aliphatic heterocycles. The third kappa shape index (κ3) is 4.35. The number of rotatable bonds is 8. The van der Waals surface area contributed by atoms with E-state index in [-0.39, 0.29) is 12.5 Å². The highest BCUT2D eigenvalue weighted by Crippen LogP contribution is 2.13. The number of carbonyl (C=O) groups excluding carboxylic acids is 1. The van der Waals surface area contributed by atoms with Gasteiger partial charge in [0.2, 0.25) is 0 Å². The second kappa shape index (κ2) is 7.45. The van der Waals surface area contributed by atoms with Crippen molar-refractivity contribution in [3.63, 3.8) is 0 Å². The van der Waals surface area contributed by atoms with E-state index in [1.54, 1.807) is 6.07 Å². The molecule has 0 aromatic carbocycles. The lowest BCUT2D eigenvalue weighted by molar-refractivity contribution is 0.0816. The SMILES string of the molecule is CCN(CC)Cc1ccc(C(=O)NC(C)(CC)CO)o1. The first kappa shape index (κ1) is 16.7. The van der Waals surface area contributed by atoms with Crippen molar-refractivity contribution in [2.45, 2.75) is 46.2 Å². The highest BCUT2D eigenvalue weighted by atomic mass is 16.4. The van der Waals surface area contributed by atoms with Gasteiger partial charge < -0.3 is 14.8 Å². The van der Waals surface area contributed by atoms with Crippen LogP contribution in [-0.2, 0) is 6.54 Å². The van der Waals surface area contributed by atoms with Gasteiger partial charge in [0.15, 0.2) is 5.76 Å². The Morgan fingerprint density at radius 1 is 1.35 bits per heavy atom. The average Bonchev–Trinajstić information content (AvgIpc) is 2.93. The lowest BCUT2D eigenvalue weighted by Gasteiger charge is -2.26. The van der Waals surface area contributed by atoms with Crippen LogP contribution in [0.1, 0.15) is 50.4 Å². The van der Waals surface area contributed by atoms with Crippen molar-refractivity contribution in [3.8, 4) is 0 Å². The van der Waals surface area contributed by atoms with Gasteiger partial charge in [0.25, 0.3) is 5.91 Å². The smallest absolute Gasteiger partial charge is 0.287 e. The van der Waals surface area contributed by atoms with Crippen molar-refractivity contribution >= 4 is 5.91 Å². The van der Waals surface area contributed by atoms with E-state index in [1.807, 2.05) is 19.9 Å². The van der Waals surface area contributed by atoms with E-state index in [9.17, 15) is 9.90 Å². The summed E-state index contributed by atoms with van der Waals surface area (Å²) >= 11 is 0. The van der Waals surface area contributed by atoms with Crippen LogP contribution in [0.25, 0.3) is 0 Å². The molecule has 0 aliphatic carbocycles. The van der Waals surface area contributed by atoms with Gasteiger partial charge >= 0.3 is 0 Å². The Morgan fingerprint density at radius 3 is 2.50 bits per heavy atom. The van der Waals surface area contributed by atoms with Gasteiger partial charge in [0, 0.05) is 0 Å². The maximum absolute atomic E-state index is 12.1. The fourth-order valence-electron chi connectivity index (χ4n) is 1.83. The van der Waals surface area contributed by atoms with Crippen LogP contribution in [0.5, 0.6) is 0 Å². The number of nitrogens with one attached hydrogen (secondary N) is 1. The molecule has 0 bridgehead atoms. The summed E-state index contributed by atoms with van der Waals surface area (Å²) < 4.78 is 5.58. The predicted octanol–water partition coefficient (Wildman–Crippen LogP) is 2.01. The molecule has 5 nitrogen and oxygen atoms in total. The fourth-order valence-corrected chi connectivity index (χ4v) is 1.83. The molecule has 114 valence electrons. The van der Waals surface area contributed by atoms with Gasteiger partial charge in [-0.2, -0.15) is 0 Å². The molecule has 0 radical (unpaired) electrons. The Kier molecular flexibility index (Phi) is 6.23. The maximum Gasteiger partial charge on any atom is 0.287 e. The van der Waals surface area contributed by atoms with Gasteiger partial charge in [0.1, 0.15) is 5.76 Å². The number of amides is 1. The minimum atomic E-state index is -0.608. The summed E-state index contributed by atoms with van der Waals surface area (Å²) in [6, 6.07) is 3.51. The van der Waals surface area contributed by atoms with Crippen molar-refractivity contribution in [1.29, 1.82) is 0 Å². The molecule has 0 aliphatic rings. The van der Waals surface area contributed by atoms with Crippen molar-refractivity contribution < 1.29 is 14.3 Å². The first-order valence-electron chi connectivity index (χ1n) is 7.22. The minimum absolute atomic E-state index is 0.0950. The van der Waals surface area contributed by atoms with Gasteiger partial charge in [-0.3, -0.25) is 9.69 Å². The molecule has 1 aromatic rings. The molecule has 2 N–H and O–H groups in total. The van der Waals surface area contributed by atoms with Crippen LogP contribution in [-0.4, -0.2) is 41.1 Å². The van der Waals surface area contributed by atoms with E-state index >= 15 is 0 Å². The number of furan rings is 1. The van der Waals surface area contributed by atoms with Gasteiger partial charge in [-0.25, -0.2) is 0 Å². The molecule has 1 unspecified atom stereocenters. The van der Waals surface area contributed by atoms with E-state index < -0.39 is 5.54 Å². The Morgan fingerprint density at radius 2 is 2.00 bits per heavy atom. The van der Waals surface area contributed by atoms with E-state index in [4.69, 9.17) is 4.42 Å². The minimum Gasteiger partial charge on any atom is -0.455 e. The zero-order valence-electron chi connectivity index (χ0n) is 12.9. The van der Waals surface area contributed by atoms with Crippen LogP contribution in [0.2, 0.25) is 0 Å². The van der Waals surface area contributed by atoms with E-state index in [1.165, 1.54) is 0 Å². The van der Waals surface area contributed by atoms with Crippen LogP contribution in [0.15, 0.2) is 16.5 Å². The zero-order valence-corrected chi connectivity index (χ0v) is 12.9. The highest BCUT2D eigenvalue weighted by Gasteiger charge is 2.25. The Bertz CT molecular complexity index is 421. The van der Waals surface area contributed by atoms with Gasteiger partial charge in [-0.05, 0) is 38.6 Å². The monoisotopic (exact) mass is 282 g/mol. The third-order valence-electron chi connectivity index (χ3n) is 3.70. The first-order valence-corrected chi connectivity index (χ1v) is 7.22. The van der Waals surface area contributed by atoms with E-state index in [2.05, 4.69) is 24.1 Å². The maximum atomic E-state index is 12.1. The number of hydrogen-bond donors (Lipinski definition) is 2. The fraction of sp³-hybridized carbons (Fsp3) is 0.667. The number of aliphatic hydroxyl groups excluding tert-OH is 1. The number of carbonyl (C=O) groups is 1. The first-order chi connectivity index (χ1) is 9.47. The molecule has 0 saturated carbocycles. The summed E-state index contributed by atoms with van der Waals surface area (Å²) in [4.78, 5) is 14.3. The zero-order chi connectivity index (χ0) is 15.2. The molecule has 0 saturated heterocycles. The van der Waals surface area contributed by atoms with Crippen LogP contribution in [0, 0.1) is 0 Å². The van der Waals surface area contributed by atoms with Gasteiger partial charge in [-0.15, -0.1) is 0 Å². The highest BCUT2D eigenvalue weighted by molar-refractivity contribution is 5.92. The normalized spacial score (nSPS) is 14.3. The molecule has 0 spiro atoms. The van der Waals surface area contributed by atoms with Gasteiger partial charge in [-0.1, -0.05) is 20.8 Å². The summed E-state index contributed by atoms with van der Waals surface area (Å²) in [6.07, 6.45) is 0.655. The standard InChI is InChI=1S/C15H26N2O3/c1-5-15(4,11-18)16-14(19)13-9-8-12(20-13)10-17(6-2)7-3/h8-9,18H,5-7,10-11H2,1-4H3,(H,16,19). The molecule has 1 aromatic heterocycles. The number of aliphatic hydroxyl groups is 1. The molecule has 1 amide bonds. The topological polar surface area (TPSA) is 65.7 Å². The van der Waals surface area contributed by atoms with Crippen molar-refractivity contribution in [3.05, 3.63) is 23.7 Å². The summed E-state index contributed by atoms with van der Waals surface area (Å²) in [6.45, 7) is 10.4. The predicted molar refractivity (Wildman–Crippen MR) is 78.6 cm³/mol. The largest absolute Gasteiger partial charge is 0.455 e. The van der Waals surface area contributed by atoms with Crippen molar-refractivity contribution in [1.82, 2.24) is 10.2 Å². The van der Waals surface area contributed by atoms with Crippen LogP contribution >= 0.6 is 0 Å². The van der Waals surface area contributed by atoms with Crippen LogP contribution in [0.4, 0.5) is 0 Å². The molecule has 0 fully saturated rings. The molecule has 1 atom stereocenters. The van der Waals surface area contributed by atoms with Crippen molar-refractivity contribution in [2.24, 2.45) is 0 Å². The molecule has 1 heterocycles. The average molecular weight is 282 g/mol. The second-order valence-corrected chi connectivity index (χ2v) is 5.25. The van der Waals surface area contributed by atoms with E-state index in [0.717, 1.165) is 18.8 Å². The molecule has 20 heavy (non-hydrogen) atoms. The summed E-state index contributed by atoms with van der Waals surface area (Å²) in [5, 5.41) is 12.1. The third-order valence-corrected chi connectivity index (χ3v) is 3.70. The Labute approximate surface area is 121 Å². The molecular formula is C15H26N2O3. The number of hydrogen-bond acceptors (Lipinski definition) is 4. The lowest BCUT2D eigenvalue weighted by Crippen LogP contribution is -2.48. The Hall–Kier alpha value is -1.33. The molecule has 1 rings (SSSR count).